The number of ether oxygens (including phenoxy) is 1. The summed E-state index contributed by atoms with van der Waals surface area (Å²) in [5, 5.41) is 11.6. The minimum atomic E-state index is -0.370. The van der Waals surface area contributed by atoms with Crippen molar-refractivity contribution in [3.05, 3.63) is 60.2 Å². The maximum Gasteiger partial charge on any atom is 0.415 e. The first-order valence-electron chi connectivity index (χ1n) is 9.59. The first-order valence-corrected chi connectivity index (χ1v) is 9.59. The Morgan fingerprint density at radius 3 is 2.34 bits per heavy atom. The highest BCUT2D eigenvalue weighted by Gasteiger charge is 2.28. The molecule has 0 aliphatic carbocycles. The van der Waals surface area contributed by atoms with E-state index in [1.165, 1.54) is 0 Å². The number of para-hydroxylation sites is 1. The third-order valence-electron chi connectivity index (χ3n) is 4.95. The van der Waals surface area contributed by atoms with Gasteiger partial charge >= 0.3 is 6.09 Å². The summed E-state index contributed by atoms with van der Waals surface area (Å²) < 4.78 is 5.37. The Bertz CT molecular complexity index is 869. The molecule has 2 aromatic carbocycles. The summed E-state index contributed by atoms with van der Waals surface area (Å²) in [5.74, 6) is 0.423. The molecule has 150 valence electrons. The van der Waals surface area contributed by atoms with Crippen molar-refractivity contribution in [1.82, 2.24) is 9.80 Å². The van der Waals surface area contributed by atoms with Gasteiger partial charge in [0.1, 0.15) is 5.75 Å². The van der Waals surface area contributed by atoms with Crippen molar-refractivity contribution in [2.24, 2.45) is 0 Å². The first-order chi connectivity index (χ1) is 14.1. The average molecular weight is 392 g/mol. The lowest BCUT2D eigenvalue weighted by Gasteiger charge is -2.36. The number of carbonyl (C=O) groups is 2. The molecule has 2 aromatic rings. The first kappa shape index (κ1) is 20.4. The largest absolute Gasteiger partial charge is 0.415 e. The number of anilines is 1. The van der Waals surface area contributed by atoms with Crippen LogP contribution >= 0.6 is 0 Å². The van der Waals surface area contributed by atoms with Crippen molar-refractivity contribution < 1.29 is 14.3 Å². The van der Waals surface area contributed by atoms with Crippen molar-refractivity contribution >= 4 is 17.7 Å². The molecule has 1 aliphatic heterocycles. The van der Waals surface area contributed by atoms with Gasteiger partial charge in [0.2, 0.25) is 5.91 Å². The molecule has 0 radical (unpaired) electrons. The summed E-state index contributed by atoms with van der Waals surface area (Å²) in [6.07, 6.45) is -0.0212. The molecule has 1 fully saturated rings. The van der Waals surface area contributed by atoms with Gasteiger partial charge in [-0.3, -0.25) is 9.69 Å². The molecule has 2 amide bonds. The zero-order valence-corrected chi connectivity index (χ0v) is 16.4. The van der Waals surface area contributed by atoms with Crippen molar-refractivity contribution in [3.8, 4) is 11.8 Å². The van der Waals surface area contributed by atoms with Crippen LogP contribution in [-0.2, 0) is 11.2 Å². The van der Waals surface area contributed by atoms with E-state index >= 15 is 0 Å². The molecule has 1 heterocycles. The summed E-state index contributed by atoms with van der Waals surface area (Å²) in [6, 6.07) is 18.0. The zero-order valence-electron chi connectivity index (χ0n) is 16.4. The van der Waals surface area contributed by atoms with E-state index in [-0.39, 0.29) is 18.0 Å². The molecule has 1 N–H and O–H groups in total. The van der Waals surface area contributed by atoms with Gasteiger partial charge in [0.15, 0.2) is 0 Å². The Kier molecular flexibility index (Phi) is 6.82. The van der Waals surface area contributed by atoms with E-state index in [1.807, 2.05) is 42.2 Å². The number of hydrogen-bond donors (Lipinski definition) is 1. The maximum atomic E-state index is 12.6. The van der Waals surface area contributed by atoms with Crippen molar-refractivity contribution in [1.29, 1.82) is 5.26 Å². The monoisotopic (exact) mass is 392 g/mol. The Morgan fingerprint density at radius 1 is 1.07 bits per heavy atom. The highest BCUT2D eigenvalue weighted by atomic mass is 16.6. The molecule has 1 aliphatic rings. The molecule has 29 heavy (non-hydrogen) atoms. The zero-order chi connectivity index (χ0) is 20.6. The van der Waals surface area contributed by atoms with Crippen molar-refractivity contribution in [2.45, 2.75) is 19.4 Å². The molecule has 7 nitrogen and oxygen atoms in total. The summed E-state index contributed by atoms with van der Waals surface area (Å²) in [5.41, 5.74) is 1.62. The Hall–Kier alpha value is -3.37. The number of rotatable bonds is 5. The molecule has 0 aromatic heterocycles. The van der Waals surface area contributed by atoms with Gasteiger partial charge in [-0.15, -0.1) is 0 Å². The fourth-order valence-corrected chi connectivity index (χ4v) is 3.16. The van der Waals surface area contributed by atoms with Crippen LogP contribution in [-0.4, -0.2) is 54.0 Å². The molecular weight excluding hydrogens is 368 g/mol. The predicted molar refractivity (Wildman–Crippen MR) is 109 cm³/mol. The van der Waals surface area contributed by atoms with E-state index in [9.17, 15) is 9.59 Å². The summed E-state index contributed by atoms with van der Waals surface area (Å²) in [4.78, 5) is 28.5. The van der Waals surface area contributed by atoms with E-state index in [2.05, 4.69) is 11.4 Å². The topological polar surface area (TPSA) is 85.7 Å². The molecule has 7 heteroatoms. The SMILES string of the molecule is CC(C(=O)Nc1ccc(CC#N)cc1)N1CCN(C(=O)Oc2ccccc2)CC1. The van der Waals surface area contributed by atoms with E-state index in [0.29, 0.717) is 44.0 Å². The minimum absolute atomic E-state index is 0.0988. The van der Waals surface area contributed by atoms with Crippen LogP contribution in [0.4, 0.5) is 10.5 Å². The molecule has 0 saturated carbocycles. The number of piperazine rings is 1. The van der Waals surface area contributed by atoms with Crippen LogP contribution in [0.15, 0.2) is 54.6 Å². The lowest BCUT2D eigenvalue weighted by molar-refractivity contribution is -0.121. The average Bonchev–Trinajstić information content (AvgIpc) is 2.75. The van der Waals surface area contributed by atoms with Crippen LogP contribution in [0.5, 0.6) is 5.75 Å². The Morgan fingerprint density at radius 2 is 1.72 bits per heavy atom. The molecule has 1 unspecified atom stereocenters. The Labute approximate surface area is 170 Å². The number of amides is 2. The number of nitriles is 1. The van der Waals surface area contributed by atoms with Gasteiger partial charge in [0.05, 0.1) is 18.5 Å². The molecule has 0 bridgehead atoms. The lowest BCUT2D eigenvalue weighted by Crippen LogP contribution is -2.54. The quantitative estimate of drug-likeness (QED) is 0.846. The van der Waals surface area contributed by atoms with Gasteiger partial charge in [-0.25, -0.2) is 4.79 Å². The van der Waals surface area contributed by atoms with Gasteiger partial charge in [-0.05, 0) is 36.8 Å². The Balaban J connectivity index is 1.47. The fourth-order valence-electron chi connectivity index (χ4n) is 3.16. The normalized spacial score (nSPS) is 15.2. The third-order valence-corrected chi connectivity index (χ3v) is 4.95. The van der Waals surface area contributed by atoms with Crippen LogP contribution in [0.1, 0.15) is 12.5 Å². The van der Waals surface area contributed by atoms with E-state index in [1.54, 1.807) is 29.2 Å². The van der Waals surface area contributed by atoms with Gasteiger partial charge in [-0.2, -0.15) is 5.26 Å². The maximum absolute atomic E-state index is 12.6. The van der Waals surface area contributed by atoms with E-state index < -0.39 is 0 Å². The second-order valence-corrected chi connectivity index (χ2v) is 6.90. The molecule has 0 spiro atoms. The van der Waals surface area contributed by atoms with Crippen LogP contribution in [0, 0.1) is 11.3 Å². The van der Waals surface area contributed by atoms with Gasteiger partial charge in [0, 0.05) is 31.9 Å². The van der Waals surface area contributed by atoms with Crippen LogP contribution in [0.25, 0.3) is 0 Å². The molecule has 1 saturated heterocycles. The van der Waals surface area contributed by atoms with Crippen molar-refractivity contribution in [3.63, 3.8) is 0 Å². The second kappa shape index (κ2) is 9.71. The number of carbonyl (C=O) groups excluding carboxylic acids is 2. The summed E-state index contributed by atoms with van der Waals surface area (Å²) in [7, 11) is 0. The highest BCUT2D eigenvalue weighted by molar-refractivity contribution is 5.94. The van der Waals surface area contributed by atoms with E-state index in [4.69, 9.17) is 10.00 Å². The fraction of sp³-hybridized carbons (Fsp3) is 0.318. The van der Waals surface area contributed by atoms with Gasteiger partial charge in [0.25, 0.3) is 0 Å². The van der Waals surface area contributed by atoms with Gasteiger partial charge < -0.3 is 15.0 Å². The smallest absolute Gasteiger partial charge is 0.410 e. The minimum Gasteiger partial charge on any atom is -0.410 e. The molecule has 1 atom stereocenters. The van der Waals surface area contributed by atoms with Crippen molar-refractivity contribution in [2.75, 3.05) is 31.5 Å². The number of nitrogens with one attached hydrogen (secondary N) is 1. The standard InChI is InChI=1S/C22H24N4O3/c1-17(21(27)24-19-9-7-18(8-10-19)11-12-23)25-13-15-26(16-14-25)22(28)29-20-5-3-2-4-6-20/h2-10,17H,11,13-16H2,1H3,(H,24,27). The third kappa shape index (κ3) is 5.56. The van der Waals surface area contributed by atoms with Crippen LogP contribution in [0.3, 0.4) is 0 Å². The molecule has 3 rings (SSSR count). The van der Waals surface area contributed by atoms with Crippen LogP contribution in [0.2, 0.25) is 0 Å². The van der Waals surface area contributed by atoms with Gasteiger partial charge in [-0.1, -0.05) is 30.3 Å². The predicted octanol–water partition coefficient (Wildman–Crippen LogP) is 2.90. The lowest BCUT2D eigenvalue weighted by atomic mass is 10.1. The number of nitrogens with zero attached hydrogens (tertiary/aromatic N) is 3. The van der Waals surface area contributed by atoms with Crippen LogP contribution < -0.4 is 10.1 Å². The molecular formula is C22H24N4O3. The summed E-state index contributed by atoms with van der Waals surface area (Å²) in [6.45, 7) is 4.06. The second-order valence-electron chi connectivity index (χ2n) is 6.90. The number of hydrogen-bond acceptors (Lipinski definition) is 5. The summed E-state index contributed by atoms with van der Waals surface area (Å²) >= 11 is 0. The number of benzene rings is 2. The van der Waals surface area contributed by atoms with E-state index in [0.717, 1.165) is 5.56 Å². The highest BCUT2D eigenvalue weighted by Crippen LogP contribution is 2.15.